The summed E-state index contributed by atoms with van der Waals surface area (Å²) < 4.78 is 19.3. The Morgan fingerprint density at radius 3 is 2.92 bits per heavy atom. The molecule has 5 nitrogen and oxygen atoms in total. The number of hydrogen-bond acceptors (Lipinski definition) is 4. The molecule has 2 heterocycles. The van der Waals surface area contributed by atoms with Gasteiger partial charge in [0.15, 0.2) is 0 Å². The number of carbonyl (C=O) groups is 1. The number of aromatic nitrogens is 1. The van der Waals surface area contributed by atoms with E-state index < -0.39 is 0 Å². The number of amides is 1. The highest BCUT2D eigenvalue weighted by atomic mass is 19.1. The van der Waals surface area contributed by atoms with E-state index >= 15 is 0 Å². The monoisotopic (exact) mass is 345 g/mol. The first-order valence-corrected chi connectivity index (χ1v) is 8.72. The molecule has 1 atom stereocenters. The van der Waals surface area contributed by atoms with Crippen LogP contribution in [0, 0.1) is 12.7 Å². The van der Waals surface area contributed by atoms with Gasteiger partial charge in [0.25, 0.3) is 5.91 Å². The third-order valence-corrected chi connectivity index (χ3v) is 4.54. The van der Waals surface area contributed by atoms with Crippen LogP contribution >= 0.6 is 0 Å². The van der Waals surface area contributed by atoms with Crippen LogP contribution in [0.3, 0.4) is 0 Å². The number of nitrogens with one attached hydrogen (secondary N) is 1. The Morgan fingerprint density at radius 2 is 2.20 bits per heavy atom. The molecule has 1 unspecified atom stereocenters. The Morgan fingerprint density at radius 1 is 1.40 bits per heavy atom. The van der Waals surface area contributed by atoms with Gasteiger partial charge in [-0.15, -0.1) is 0 Å². The van der Waals surface area contributed by atoms with Crippen molar-refractivity contribution in [2.45, 2.75) is 45.6 Å². The summed E-state index contributed by atoms with van der Waals surface area (Å²) in [5.41, 5.74) is 2.38. The van der Waals surface area contributed by atoms with E-state index in [9.17, 15) is 9.18 Å². The van der Waals surface area contributed by atoms with Crippen molar-refractivity contribution in [3.63, 3.8) is 0 Å². The minimum Gasteiger partial charge on any atom is -0.367 e. The molecule has 134 valence electrons. The summed E-state index contributed by atoms with van der Waals surface area (Å²) in [6, 6.07) is 6.74. The molecule has 0 saturated carbocycles. The lowest BCUT2D eigenvalue weighted by Gasteiger charge is -2.34. The lowest BCUT2D eigenvalue weighted by Crippen LogP contribution is -2.48. The smallest absolute Gasteiger partial charge is 0.290 e. The molecule has 1 amide bonds. The number of anilines is 1. The van der Waals surface area contributed by atoms with Gasteiger partial charge in [-0.05, 0) is 43.4 Å². The van der Waals surface area contributed by atoms with Crippen LogP contribution in [0.4, 0.5) is 10.1 Å². The maximum Gasteiger partial charge on any atom is 0.290 e. The SMILES string of the molecule is Cc1ccc(F)c(N2CCCC(NC(=O)c3cc(C(C)C)no3)C2)c1. The second kappa shape index (κ2) is 7.25. The largest absolute Gasteiger partial charge is 0.367 e. The lowest BCUT2D eigenvalue weighted by atomic mass is 10.0. The number of rotatable bonds is 4. The highest BCUT2D eigenvalue weighted by Crippen LogP contribution is 2.24. The van der Waals surface area contributed by atoms with Crippen molar-refractivity contribution in [2.24, 2.45) is 0 Å². The minimum atomic E-state index is -0.268. The Labute approximate surface area is 147 Å². The Bertz CT molecular complexity index is 757. The first-order valence-electron chi connectivity index (χ1n) is 8.72. The van der Waals surface area contributed by atoms with Gasteiger partial charge in [0.2, 0.25) is 5.76 Å². The van der Waals surface area contributed by atoms with Crippen molar-refractivity contribution < 1.29 is 13.7 Å². The molecule has 1 aliphatic heterocycles. The maximum atomic E-state index is 14.1. The van der Waals surface area contributed by atoms with Crippen LogP contribution in [0.5, 0.6) is 0 Å². The van der Waals surface area contributed by atoms with E-state index in [0.717, 1.165) is 30.6 Å². The third kappa shape index (κ3) is 4.00. The average Bonchev–Trinajstić information content (AvgIpc) is 3.08. The third-order valence-electron chi connectivity index (χ3n) is 4.54. The minimum absolute atomic E-state index is 0.0474. The number of aryl methyl sites for hydroxylation is 1. The molecule has 0 spiro atoms. The van der Waals surface area contributed by atoms with Crippen LogP contribution in [0.15, 0.2) is 28.8 Å². The molecule has 0 bridgehead atoms. The number of carbonyl (C=O) groups excluding carboxylic acids is 1. The molecular weight excluding hydrogens is 321 g/mol. The number of halogens is 1. The molecule has 1 fully saturated rings. The zero-order valence-electron chi connectivity index (χ0n) is 14.9. The summed E-state index contributed by atoms with van der Waals surface area (Å²) >= 11 is 0. The van der Waals surface area contributed by atoms with Crippen LogP contribution in [-0.4, -0.2) is 30.2 Å². The fraction of sp³-hybridized carbons (Fsp3) is 0.474. The molecule has 1 saturated heterocycles. The Balaban J connectivity index is 1.67. The molecule has 0 radical (unpaired) electrons. The summed E-state index contributed by atoms with van der Waals surface area (Å²) in [5.74, 6) is -0.0623. The van der Waals surface area contributed by atoms with E-state index in [1.54, 1.807) is 12.1 Å². The van der Waals surface area contributed by atoms with Crippen LogP contribution < -0.4 is 10.2 Å². The van der Waals surface area contributed by atoms with Crippen molar-refractivity contribution in [3.8, 4) is 0 Å². The zero-order chi connectivity index (χ0) is 18.0. The Hall–Kier alpha value is -2.37. The highest BCUT2D eigenvalue weighted by Gasteiger charge is 2.25. The normalized spacial score (nSPS) is 17.8. The molecule has 1 aromatic heterocycles. The summed E-state index contributed by atoms with van der Waals surface area (Å²) in [5, 5.41) is 6.90. The first-order chi connectivity index (χ1) is 11.9. The van der Waals surface area contributed by atoms with Gasteiger partial charge >= 0.3 is 0 Å². The Kier molecular flexibility index (Phi) is 5.06. The predicted molar refractivity (Wildman–Crippen MR) is 94.4 cm³/mol. The van der Waals surface area contributed by atoms with Gasteiger partial charge in [-0.1, -0.05) is 25.1 Å². The van der Waals surface area contributed by atoms with Crippen LogP contribution in [0.1, 0.15) is 54.4 Å². The number of piperidine rings is 1. The van der Waals surface area contributed by atoms with Gasteiger partial charge in [0, 0.05) is 25.2 Å². The molecule has 1 N–H and O–H groups in total. The second-order valence-electron chi connectivity index (χ2n) is 6.98. The maximum absolute atomic E-state index is 14.1. The van der Waals surface area contributed by atoms with E-state index in [1.807, 2.05) is 31.7 Å². The van der Waals surface area contributed by atoms with E-state index in [0.29, 0.717) is 12.2 Å². The van der Waals surface area contributed by atoms with Gasteiger partial charge in [0.1, 0.15) is 5.82 Å². The van der Waals surface area contributed by atoms with E-state index in [4.69, 9.17) is 4.52 Å². The number of hydrogen-bond donors (Lipinski definition) is 1. The summed E-state index contributed by atoms with van der Waals surface area (Å²) in [6.45, 7) is 7.30. The topological polar surface area (TPSA) is 58.4 Å². The van der Waals surface area contributed by atoms with Gasteiger partial charge in [-0.25, -0.2) is 4.39 Å². The van der Waals surface area contributed by atoms with Crippen molar-refractivity contribution >= 4 is 11.6 Å². The van der Waals surface area contributed by atoms with Gasteiger partial charge in [0.05, 0.1) is 11.4 Å². The average molecular weight is 345 g/mol. The van der Waals surface area contributed by atoms with E-state index in [2.05, 4.69) is 10.5 Å². The lowest BCUT2D eigenvalue weighted by molar-refractivity contribution is 0.0895. The van der Waals surface area contributed by atoms with Crippen molar-refractivity contribution in [1.29, 1.82) is 0 Å². The number of nitrogens with zero attached hydrogens (tertiary/aromatic N) is 2. The van der Waals surface area contributed by atoms with Crippen LogP contribution in [0.2, 0.25) is 0 Å². The quantitative estimate of drug-likeness (QED) is 0.919. The molecule has 3 rings (SSSR count). The van der Waals surface area contributed by atoms with Gasteiger partial charge < -0.3 is 14.7 Å². The van der Waals surface area contributed by atoms with E-state index in [-0.39, 0.29) is 29.4 Å². The molecule has 0 aliphatic carbocycles. The first kappa shape index (κ1) is 17.5. The summed E-state index contributed by atoms with van der Waals surface area (Å²) in [7, 11) is 0. The molecule has 2 aromatic rings. The molecule has 25 heavy (non-hydrogen) atoms. The van der Waals surface area contributed by atoms with Crippen molar-refractivity contribution in [3.05, 3.63) is 47.1 Å². The van der Waals surface area contributed by atoms with Crippen LogP contribution in [0.25, 0.3) is 0 Å². The molecule has 1 aromatic carbocycles. The van der Waals surface area contributed by atoms with E-state index in [1.165, 1.54) is 6.07 Å². The van der Waals surface area contributed by atoms with Crippen LogP contribution in [-0.2, 0) is 0 Å². The standard InChI is InChI=1S/C19H24FN3O2/c1-12(2)16-10-18(25-22-16)19(24)21-14-5-4-8-23(11-14)17-9-13(3)6-7-15(17)20/h6-7,9-10,12,14H,4-5,8,11H2,1-3H3,(H,21,24). The van der Waals surface area contributed by atoms with Gasteiger partial charge in [-0.2, -0.15) is 0 Å². The second-order valence-corrected chi connectivity index (χ2v) is 6.98. The summed E-state index contributed by atoms with van der Waals surface area (Å²) in [6.07, 6.45) is 1.76. The zero-order valence-corrected chi connectivity index (χ0v) is 14.9. The molecular formula is C19H24FN3O2. The number of benzene rings is 1. The summed E-state index contributed by atoms with van der Waals surface area (Å²) in [4.78, 5) is 14.4. The fourth-order valence-corrected chi connectivity index (χ4v) is 3.10. The molecule has 1 aliphatic rings. The van der Waals surface area contributed by atoms with Gasteiger partial charge in [-0.3, -0.25) is 4.79 Å². The van der Waals surface area contributed by atoms with Crippen molar-refractivity contribution in [1.82, 2.24) is 10.5 Å². The fourth-order valence-electron chi connectivity index (χ4n) is 3.10. The highest BCUT2D eigenvalue weighted by molar-refractivity contribution is 5.91. The molecule has 6 heteroatoms. The predicted octanol–water partition coefficient (Wildman–Crippen LogP) is 3.64. The van der Waals surface area contributed by atoms with Crippen molar-refractivity contribution in [2.75, 3.05) is 18.0 Å².